The molecule has 7 amide bonds. The molecule has 0 aromatic rings. The molecular weight excluding hydrogens is 1480 g/mol. The van der Waals surface area contributed by atoms with Crippen LogP contribution in [0.5, 0.6) is 0 Å². The molecule has 3 saturated heterocycles. The zero-order valence-corrected chi connectivity index (χ0v) is 65.5. The second-order valence-electron chi connectivity index (χ2n) is 28.2. The summed E-state index contributed by atoms with van der Waals surface area (Å²) in [6, 6.07) is -3.15. The largest absolute Gasteiger partial charge is 0.394 e. The first-order chi connectivity index (χ1) is 52.2. The van der Waals surface area contributed by atoms with Crippen LogP contribution in [0.2, 0.25) is 0 Å². The van der Waals surface area contributed by atoms with Gasteiger partial charge in [-0.3, -0.25) is 38.4 Å². The first-order valence-electron chi connectivity index (χ1n) is 38.7. The predicted molar refractivity (Wildman–Crippen MR) is 393 cm³/mol. The fourth-order valence-electron chi connectivity index (χ4n) is 13.3. The maximum absolute atomic E-state index is 14.2. The second kappa shape index (κ2) is 55.3. The molecule has 18 unspecified atom stereocenters. The van der Waals surface area contributed by atoms with Gasteiger partial charge in [-0.2, -0.15) is 0 Å². The second-order valence-corrected chi connectivity index (χ2v) is 31.1. The highest BCUT2D eigenvalue weighted by Crippen LogP contribution is 2.43. The summed E-state index contributed by atoms with van der Waals surface area (Å²) in [6.45, 7) is 1.49. The quantitative estimate of drug-likeness (QED) is 0.0241. The standard InChI is InChI=1S/C71H128N7O29PS/c1-45(82)76-59-65(93)62(90)52(40-79)105-69(59)101-31-17-9-5-13-28-73-56(87)24-35-98-43-49-38-48(51(85)22-21-23-55(86)72-27-16-8-12-20-34-104-108(96,109)97-4)39-50(44-99-36-25-57(88)74-29-14-6-10-18-32-102-70-60(77-46(2)83)66(94)63(91)53(41-80)106-70)68(49)100-37-26-58(89)75-30-15-7-11-19-33-103-71-61(78-47(3)84)67(95)64(92)54(42-81)107-71/h48-50,52-54,59-71,79-81,90-95H,5-44H2,1-4H3,(H,72,86)(H,73,87)(H,74,88)(H,75,89)(H,76,82)(H,77,83)(H,78,84)(H,96,109). The van der Waals surface area contributed by atoms with E-state index in [1.54, 1.807) is 0 Å². The van der Waals surface area contributed by atoms with E-state index in [2.05, 4.69) is 37.2 Å². The molecule has 17 N–H and O–H groups in total. The molecule has 18 atom stereocenters. The predicted octanol–water partition coefficient (Wildman–Crippen LogP) is -1.58. The number of carbonyl (C=O) groups is 8. The molecular formula is C71H128N7O29PS. The van der Waals surface area contributed by atoms with Crippen molar-refractivity contribution in [2.24, 2.45) is 17.8 Å². The van der Waals surface area contributed by atoms with Crippen LogP contribution in [0.3, 0.4) is 0 Å². The van der Waals surface area contributed by atoms with Crippen molar-refractivity contribution < 1.29 is 141 Å². The Hall–Kier alpha value is -4.23. The minimum Gasteiger partial charge on any atom is -0.394 e. The Labute approximate surface area is 644 Å². The van der Waals surface area contributed by atoms with E-state index in [-0.39, 0.29) is 121 Å². The summed E-state index contributed by atoms with van der Waals surface area (Å²) in [7, 11) is 1.29. The molecule has 0 aromatic heterocycles. The first kappa shape index (κ1) is 97.1. The Kier molecular flexibility index (Phi) is 49.3. The van der Waals surface area contributed by atoms with Crippen LogP contribution >= 0.6 is 6.72 Å². The number of carbonyl (C=O) groups excluding carboxylic acids is 8. The summed E-state index contributed by atoms with van der Waals surface area (Å²) in [4.78, 5) is 112. The van der Waals surface area contributed by atoms with E-state index in [9.17, 15) is 89.2 Å². The Morgan fingerprint density at radius 1 is 0.404 bits per heavy atom. The maximum Gasteiger partial charge on any atom is 0.324 e. The topological polar surface area (TPSA) is 525 Å². The number of rotatable bonds is 58. The SMILES string of the molecule is COP(O)(=S)OCCCCCCNC(=O)CCCC(=O)C1CC(COCCC(=O)NCCCCCCOC2OC(CO)C(O)C(O)C2NC(C)=O)C(OCCC(=O)NCCCCCCOC2OC(CO)C(O)C(O)C2NC(C)=O)C(COCCC(=O)NCCCCCCOC2OC(CO)C(O)C(O)C2NC(C)=O)C1. The Balaban J connectivity index is 1.33. The van der Waals surface area contributed by atoms with Crippen molar-refractivity contribution in [3.8, 4) is 0 Å². The molecule has 109 heavy (non-hydrogen) atoms. The molecule has 1 saturated carbocycles. The van der Waals surface area contributed by atoms with E-state index >= 15 is 0 Å². The molecule has 3 heterocycles. The molecule has 0 bridgehead atoms. The lowest BCUT2D eigenvalue weighted by Crippen LogP contribution is -2.64. The van der Waals surface area contributed by atoms with E-state index < -0.39 is 160 Å². The Morgan fingerprint density at radius 2 is 0.725 bits per heavy atom. The number of aliphatic hydroxyl groups is 9. The molecule has 38 heteroatoms. The Morgan fingerprint density at radius 3 is 1.06 bits per heavy atom. The third-order valence-electron chi connectivity index (χ3n) is 19.3. The van der Waals surface area contributed by atoms with Gasteiger partial charge in [0.1, 0.15) is 78.8 Å². The minimum atomic E-state index is -3.22. The van der Waals surface area contributed by atoms with Crippen molar-refractivity contribution in [2.75, 3.05) is 113 Å². The number of ketones is 1. The monoisotopic (exact) mass is 1610 g/mol. The van der Waals surface area contributed by atoms with E-state index in [4.69, 9.17) is 63.5 Å². The minimum absolute atomic E-state index is 0.00327. The maximum atomic E-state index is 14.2. The van der Waals surface area contributed by atoms with Gasteiger partial charge >= 0.3 is 6.72 Å². The summed E-state index contributed by atoms with van der Waals surface area (Å²) in [6.07, 6.45) is -3.63. The summed E-state index contributed by atoms with van der Waals surface area (Å²) in [5.41, 5.74) is 0. The first-order valence-corrected chi connectivity index (χ1v) is 41.3. The Bertz CT molecular complexity index is 2580. The van der Waals surface area contributed by atoms with Crippen LogP contribution in [0.1, 0.15) is 175 Å². The number of nitrogens with one attached hydrogen (secondary N) is 7. The molecule has 4 fully saturated rings. The zero-order chi connectivity index (χ0) is 80.1. The highest BCUT2D eigenvalue weighted by Gasteiger charge is 2.48. The number of amides is 7. The highest BCUT2D eigenvalue weighted by molar-refractivity contribution is 8.07. The highest BCUT2D eigenvalue weighted by atomic mass is 32.5. The molecule has 632 valence electrons. The van der Waals surface area contributed by atoms with Gasteiger partial charge in [-0.15, -0.1) is 0 Å². The van der Waals surface area contributed by atoms with Gasteiger partial charge in [-0.1, -0.05) is 51.4 Å². The van der Waals surface area contributed by atoms with Crippen molar-refractivity contribution in [2.45, 2.75) is 273 Å². The molecule has 4 aliphatic rings. The normalized spacial score (nSPS) is 28.3. The van der Waals surface area contributed by atoms with Gasteiger partial charge in [0.15, 0.2) is 18.9 Å². The van der Waals surface area contributed by atoms with Crippen LogP contribution in [0.25, 0.3) is 0 Å². The van der Waals surface area contributed by atoms with Gasteiger partial charge < -0.3 is 140 Å². The lowest BCUT2D eigenvalue weighted by Gasteiger charge is -2.42. The van der Waals surface area contributed by atoms with Crippen molar-refractivity contribution in [1.29, 1.82) is 0 Å². The van der Waals surface area contributed by atoms with Gasteiger partial charge in [-0.25, -0.2) is 0 Å². The van der Waals surface area contributed by atoms with Gasteiger partial charge in [-0.05, 0) is 82.4 Å². The molecule has 0 spiro atoms. The summed E-state index contributed by atoms with van der Waals surface area (Å²) >= 11 is 4.85. The van der Waals surface area contributed by atoms with Crippen molar-refractivity contribution in [3.63, 3.8) is 0 Å². The summed E-state index contributed by atoms with van der Waals surface area (Å²) in [5.74, 6) is -3.74. The number of ether oxygens (including phenoxy) is 9. The third-order valence-corrected chi connectivity index (χ3v) is 21.0. The van der Waals surface area contributed by atoms with Crippen molar-refractivity contribution in [3.05, 3.63) is 0 Å². The van der Waals surface area contributed by atoms with Crippen molar-refractivity contribution in [1.82, 2.24) is 37.2 Å². The zero-order valence-electron chi connectivity index (χ0n) is 63.8. The number of hydrogen-bond acceptors (Lipinski definition) is 29. The molecule has 0 radical (unpaired) electrons. The average Bonchev–Trinajstić information content (AvgIpc) is 0.831. The molecule has 0 aromatic carbocycles. The molecule has 36 nitrogen and oxygen atoms in total. The number of Topliss-reactive ketones (excluding diaryl/α,β-unsaturated/α-hetero) is 1. The fourth-order valence-corrected chi connectivity index (χ4v) is 14.0. The van der Waals surface area contributed by atoms with Crippen LogP contribution in [-0.2, 0) is 102 Å². The van der Waals surface area contributed by atoms with E-state index in [1.807, 2.05) is 0 Å². The smallest absolute Gasteiger partial charge is 0.324 e. The number of unbranched alkanes of at least 4 members (excludes halogenated alkanes) is 12. The van der Waals surface area contributed by atoms with E-state index in [0.29, 0.717) is 122 Å². The lowest BCUT2D eigenvalue weighted by atomic mass is 9.71. The lowest BCUT2D eigenvalue weighted by molar-refractivity contribution is -0.270. The molecule has 1 aliphatic carbocycles. The van der Waals surface area contributed by atoms with Crippen LogP contribution in [0, 0.1) is 17.8 Å². The van der Waals surface area contributed by atoms with Gasteiger partial charge in [0.2, 0.25) is 41.4 Å². The van der Waals surface area contributed by atoms with Crippen molar-refractivity contribution >= 4 is 65.7 Å². The van der Waals surface area contributed by atoms with Crippen LogP contribution in [0.4, 0.5) is 0 Å². The summed E-state index contributed by atoms with van der Waals surface area (Å²) < 4.78 is 63.3. The molecule has 4 rings (SSSR count). The van der Waals surface area contributed by atoms with Gasteiger partial charge in [0.05, 0.1) is 65.6 Å². The van der Waals surface area contributed by atoms with Gasteiger partial charge in [0, 0.05) is 124 Å². The van der Waals surface area contributed by atoms with E-state index in [1.165, 1.54) is 27.9 Å². The van der Waals surface area contributed by atoms with Crippen LogP contribution in [-0.4, -0.2) is 309 Å². The average molecular weight is 1610 g/mol. The number of aliphatic hydroxyl groups excluding tert-OH is 9. The number of hydrogen-bond donors (Lipinski definition) is 17. The van der Waals surface area contributed by atoms with E-state index in [0.717, 1.165) is 25.7 Å². The van der Waals surface area contributed by atoms with Crippen LogP contribution in [0.15, 0.2) is 0 Å². The fraction of sp³-hybridized carbons (Fsp3) is 0.887. The third kappa shape index (κ3) is 38.2. The summed E-state index contributed by atoms with van der Waals surface area (Å²) in [5, 5.41) is 111. The van der Waals surface area contributed by atoms with Crippen LogP contribution < -0.4 is 37.2 Å². The molecule has 3 aliphatic heterocycles. The van der Waals surface area contributed by atoms with Gasteiger partial charge in [0.25, 0.3) is 0 Å².